The molecule has 0 amide bonds. The Hall–Kier alpha value is -2.27. The Morgan fingerprint density at radius 3 is 2.75 bits per heavy atom. The summed E-state index contributed by atoms with van der Waals surface area (Å²) in [5.41, 5.74) is 5.38. The summed E-state index contributed by atoms with van der Waals surface area (Å²) in [7, 11) is 0. The lowest BCUT2D eigenvalue weighted by Gasteiger charge is -2.26. The lowest BCUT2D eigenvalue weighted by Crippen LogP contribution is -2.29. The predicted octanol–water partition coefficient (Wildman–Crippen LogP) is 3.89. The number of thiocarbonyl (C=S) groups is 1. The Morgan fingerprint density at radius 1 is 1.33 bits per heavy atom. The van der Waals surface area contributed by atoms with Gasteiger partial charge in [-0.05, 0) is 55.7 Å². The monoisotopic (exact) mass is 340 g/mol. The Labute approximate surface area is 147 Å². The van der Waals surface area contributed by atoms with Crippen molar-refractivity contribution in [3.05, 3.63) is 58.9 Å². The summed E-state index contributed by atoms with van der Waals surface area (Å²) in [6, 6.07) is 7.93. The van der Waals surface area contributed by atoms with Crippen LogP contribution in [0.1, 0.15) is 41.6 Å². The molecule has 0 aliphatic carbocycles. The summed E-state index contributed by atoms with van der Waals surface area (Å²) in [6.07, 6.45) is 3.76. The topological polar surface area (TPSA) is 42.4 Å². The molecule has 0 spiro atoms. The van der Waals surface area contributed by atoms with E-state index < -0.39 is 0 Å². The molecule has 0 fully saturated rings. The van der Waals surface area contributed by atoms with Crippen LogP contribution in [-0.2, 0) is 9.53 Å². The number of hydrogen-bond acceptors (Lipinski definition) is 4. The summed E-state index contributed by atoms with van der Waals surface area (Å²) in [5, 5.41) is 0. The number of ether oxygens (including phenoxy) is 1. The van der Waals surface area contributed by atoms with Crippen molar-refractivity contribution in [2.24, 2.45) is 0 Å². The first-order valence-electron chi connectivity index (χ1n) is 8.03. The third-order valence-electron chi connectivity index (χ3n) is 4.38. The zero-order chi connectivity index (χ0) is 17.3. The number of aromatic nitrogens is 1. The second-order valence-electron chi connectivity index (χ2n) is 5.94. The van der Waals surface area contributed by atoms with Gasteiger partial charge >= 0.3 is 5.97 Å². The molecule has 4 nitrogen and oxygen atoms in total. The van der Waals surface area contributed by atoms with Crippen LogP contribution in [-0.4, -0.2) is 22.5 Å². The number of fused-ring (bicyclic) bond motifs is 1. The highest BCUT2D eigenvalue weighted by atomic mass is 32.1. The summed E-state index contributed by atoms with van der Waals surface area (Å²) >= 11 is 5.72. The van der Waals surface area contributed by atoms with Crippen molar-refractivity contribution in [2.75, 3.05) is 11.5 Å². The molecular weight excluding hydrogens is 320 g/mol. The first-order valence-corrected chi connectivity index (χ1v) is 8.44. The van der Waals surface area contributed by atoms with Crippen molar-refractivity contribution < 1.29 is 9.53 Å². The lowest BCUT2D eigenvalue weighted by molar-refractivity contribution is -0.143. The van der Waals surface area contributed by atoms with Crippen LogP contribution in [0.2, 0.25) is 0 Å². The number of hydrogen-bond donors (Lipinski definition) is 0. The standard InChI is InChI=1S/C19H20N2O2S/c1-4-23-18(22)10-17-15-8-12(2)13(3)9-16(15)19(24)21(17)14-6-5-7-20-11-14/h5-9,11,17H,4,10H2,1-3H3. The Bertz CT molecular complexity index is 789. The van der Waals surface area contributed by atoms with Crippen LogP contribution in [0.4, 0.5) is 5.69 Å². The molecule has 5 heteroatoms. The maximum atomic E-state index is 12.1. The molecule has 0 radical (unpaired) electrons. The highest BCUT2D eigenvalue weighted by Gasteiger charge is 2.37. The smallest absolute Gasteiger partial charge is 0.308 e. The Morgan fingerprint density at radius 2 is 2.08 bits per heavy atom. The molecule has 1 unspecified atom stereocenters. The number of rotatable bonds is 4. The fourth-order valence-electron chi connectivity index (χ4n) is 3.08. The molecule has 24 heavy (non-hydrogen) atoms. The number of aryl methyl sites for hydroxylation is 2. The van der Waals surface area contributed by atoms with Crippen LogP contribution in [0.15, 0.2) is 36.7 Å². The van der Waals surface area contributed by atoms with Gasteiger partial charge in [0, 0.05) is 11.8 Å². The normalized spacial score (nSPS) is 16.2. The van der Waals surface area contributed by atoms with Crippen molar-refractivity contribution in [3.8, 4) is 0 Å². The second kappa shape index (κ2) is 6.69. The molecular formula is C19H20N2O2S. The second-order valence-corrected chi connectivity index (χ2v) is 6.32. The van der Waals surface area contributed by atoms with Crippen LogP contribution in [0.5, 0.6) is 0 Å². The fraction of sp³-hybridized carbons (Fsp3) is 0.316. The van der Waals surface area contributed by atoms with E-state index in [1.54, 1.807) is 12.4 Å². The van der Waals surface area contributed by atoms with E-state index in [1.807, 2.05) is 24.0 Å². The van der Waals surface area contributed by atoms with Crippen molar-refractivity contribution in [1.29, 1.82) is 0 Å². The number of carbonyl (C=O) groups is 1. The molecule has 1 aliphatic rings. The molecule has 0 bridgehead atoms. The van der Waals surface area contributed by atoms with Gasteiger partial charge in [0.25, 0.3) is 0 Å². The maximum Gasteiger partial charge on any atom is 0.308 e. The minimum Gasteiger partial charge on any atom is -0.466 e. The summed E-state index contributed by atoms with van der Waals surface area (Å²) in [5.74, 6) is -0.217. The van der Waals surface area contributed by atoms with Crippen LogP contribution in [0, 0.1) is 13.8 Å². The quantitative estimate of drug-likeness (QED) is 0.624. The van der Waals surface area contributed by atoms with Gasteiger partial charge < -0.3 is 9.64 Å². The number of anilines is 1. The average Bonchev–Trinajstić information content (AvgIpc) is 2.81. The van der Waals surface area contributed by atoms with Crippen LogP contribution in [0.25, 0.3) is 0 Å². The van der Waals surface area contributed by atoms with Gasteiger partial charge in [-0.3, -0.25) is 9.78 Å². The summed E-state index contributed by atoms with van der Waals surface area (Å²) in [4.78, 5) is 19.1. The lowest BCUT2D eigenvalue weighted by atomic mass is 9.97. The maximum absolute atomic E-state index is 12.1. The van der Waals surface area contributed by atoms with Crippen molar-refractivity contribution >= 4 is 28.9 Å². The van der Waals surface area contributed by atoms with Crippen molar-refractivity contribution in [3.63, 3.8) is 0 Å². The first-order chi connectivity index (χ1) is 11.5. The highest BCUT2D eigenvalue weighted by molar-refractivity contribution is 7.81. The molecule has 3 rings (SSSR count). The minimum absolute atomic E-state index is 0.157. The van der Waals surface area contributed by atoms with Gasteiger partial charge in [0.1, 0.15) is 4.99 Å². The van der Waals surface area contributed by atoms with Crippen LogP contribution in [0.3, 0.4) is 0 Å². The van der Waals surface area contributed by atoms with Crippen LogP contribution >= 0.6 is 12.2 Å². The molecule has 1 aliphatic heterocycles. The zero-order valence-corrected chi connectivity index (χ0v) is 14.9. The van der Waals surface area contributed by atoms with Crippen LogP contribution < -0.4 is 4.90 Å². The average molecular weight is 340 g/mol. The van der Waals surface area contributed by atoms with Gasteiger partial charge in [0.05, 0.1) is 31.0 Å². The van der Waals surface area contributed by atoms with E-state index in [2.05, 4.69) is 31.0 Å². The van der Waals surface area contributed by atoms with E-state index in [9.17, 15) is 4.79 Å². The minimum atomic E-state index is -0.217. The number of pyridine rings is 1. The Balaban J connectivity index is 2.07. The van der Waals surface area contributed by atoms with Crippen molar-refractivity contribution in [1.82, 2.24) is 4.98 Å². The van der Waals surface area contributed by atoms with E-state index in [0.717, 1.165) is 21.8 Å². The van der Waals surface area contributed by atoms with Gasteiger partial charge in [-0.1, -0.05) is 18.3 Å². The molecule has 2 heterocycles. The number of carbonyl (C=O) groups excluding carboxylic acids is 1. The van der Waals surface area contributed by atoms with Gasteiger partial charge in [-0.15, -0.1) is 0 Å². The Kier molecular flexibility index (Phi) is 4.62. The molecule has 0 saturated carbocycles. The number of nitrogens with zero attached hydrogens (tertiary/aromatic N) is 2. The largest absolute Gasteiger partial charge is 0.466 e. The molecule has 124 valence electrons. The summed E-state index contributed by atoms with van der Waals surface area (Å²) in [6.45, 7) is 6.35. The summed E-state index contributed by atoms with van der Waals surface area (Å²) < 4.78 is 5.17. The van der Waals surface area contributed by atoms with E-state index in [4.69, 9.17) is 17.0 Å². The van der Waals surface area contributed by atoms with E-state index in [-0.39, 0.29) is 18.4 Å². The molecule has 1 aromatic heterocycles. The zero-order valence-electron chi connectivity index (χ0n) is 14.1. The van der Waals surface area contributed by atoms with E-state index >= 15 is 0 Å². The van der Waals surface area contributed by atoms with Gasteiger partial charge in [0.2, 0.25) is 0 Å². The third-order valence-corrected chi connectivity index (χ3v) is 4.79. The molecule has 0 saturated heterocycles. The third kappa shape index (κ3) is 2.91. The van der Waals surface area contributed by atoms with E-state index in [1.165, 1.54) is 11.1 Å². The van der Waals surface area contributed by atoms with Crippen molar-refractivity contribution in [2.45, 2.75) is 33.2 Å². The molecule has 2 aromatic rings. The molecule has 1 atom stereocenters. The number of benzene rings is 1. The fourth-order valence-corrected chi connectivity index (χ4v) is 3.49. The highest BCUT2D eigenvalue weighted by Crippen LogP contribution is 2.41. The SMILES string of the molecule is CCOC(=O)CC1c2cc(C)c(C)cc2C(=S)N1c1cccnc1. The van der Waals surface area contributed by atoms with E-state index in [0.29, 0.717) is 6.61 Å². The molecule has 0 N–H and O–H groups in total. The van der Waals surface area contributed by atoms with Gasteiger partial charge in [-0.2, -0.15) is 0 Å². The van der Waals surface area contributed by atoms with Gasteiger partial charge in [0.15, 0.2) is 0 Å². The number of esters is 1. The van der Waals surface area contributed by atoms with Gasteiger partial charge in [-0.25, -0.2) is 0 Å². The first kappa shape index (κ1) is 16.6. The predicted molar refractivity (Wildman–Crippen MR) is 98.3 cm³/mol. The molecule has 1 aromatic carbocycles.